The predicted octanol–water partition coefficient (Wildman–Crippen LogP) is 2.69. The summed E-state index contributed by atoms with van der Waals surface area (Å²) in [5.41, 5.74) is 0.0138. The standard InChI is InChI=1S/C14H11BrClNO2/c15-11-6-10-12(16)9-7-17(8-4-2-1-3-5-8)13(18)14(9,11)19-10/h1-6,9-10,12H,7H2/t9-,10-,12-,14-/m0/s1. The van der Waals surface area contributed by atoms with Gasteiger partial charge in [-0.1, -0.05) is 34.1 Å². The fraction of sp³-hybridized carbons (Fsp3) is 0.357. The van der Waals surface area contributed by atoms with Gasteiger partial charge in [-0.3, -0.25) is 4.79 Å². The van der Waals surface area contributed by atoms with E-state index in [1.807, 2.05) is 36.4 Å². The average molecular weight is 341 g/mol. The Morgan fingerprint density at radius 3 is 2.79 bits per heavy atom. The fourth-order valence-corrected chi connectivity index (χ4v) is 4.50. The molecule has 0 radical (unpaired) electrons. The monoisotopic (exact) mass is 339 g/mol. The van der Waals surface area contributed by atoms with Gasteiger partial charge in [-0.2, -0.15) is 0 Å². The molecule has 0 aliphatic carbocycles. The number of alkyl halides is 1. The largest absolute Gasteiger partial charge is 0.350 e. The normalized spacial score (nSPS) is 39.7. The van der Waals surface area contributed by atoms with E-state index in [2.05, 4.69) is 15.9 Å². The number of carbonyl (C=O) groups excluding carboxylic acids is 1. The molecule has 5 heteroatoms. The molecule has 98 valence electrons. The molecule has 0 unspecified atom stereocenters. The second-order valence-corrected chi connectivity index (χ2v) is 6.49. The van der Waals surface area contributed by atoms with Gasteiger partial charge in [0, 0.05) is 22.6 Å². The highest BCUT2D eigenvalue weighted by atomic mass is 79.9. The first-order valence-corrected chi connectivity index (χ1v) is 7.44. The van der Waals surface area contributed by atoms with Crippen molar-refractivity contribution in [2.75, 3.05) is 11.4 Å². The van der Waals surface area contributed by atoms with Crippen molar-refractivity contribution in [3.05, 3.63) is 40.9 Å². The molecule has 3 aliphatic heterocycles. The predicted molar refractivity (Wildman–Crippen MR) is 76.5 cm³/mol. The summed E-state index contributed by atoms with van der Waals surface area (Å²) in [6.07, 6.45) is 1.77. The van der Waals surface area contributed by atoms with Crippen LogP contribution in [0.2, 0.25) is 0 Å². The van der Waals surface area contributed by atoms with Gasteiger partial charge < -0.3 is 9.64 Å². The number of nitrogens with zero attached hydrogens (tertiary/aromatic N) is 1. The van der Waals surface area contributed by atoms with Crippen molar-refractivity contribution >= 4 is 39.1 Å². The number of amides is 1. The third-order valence-corrected chi connectivity index (χ3v) is 5.62. The lowest BCUT2D eigenvalue weighted by atomic mass is 9.85. The maximum absolute atomic E-state index is 12.8. The fourth-order valence-electron chi connectivity index (χ4n) is 3.30. The van der Waals surface area contributed by atoms with Crippen molar-refractivity contribution in [3.8, 4) is 0 Å². The number of anilines is 1. The molecule has 2 bridgehead atoms. The Balaban J connectivity index is 1.79. The highest BCUT2D eigenvalue weighted by Crippen LogP contribution is 2.56. The summed E-state index contributed by atoms with van der Waals surface area (Å²) in [6.45, 7) is 0.608. The van der Waals surface area contributed by atoms with Crippen molar-refractivity contribution in [2.24, 2.45) is 5.92 Å². The number of ether oxygens (including phenoxy) is 1. The molecule has 4 atom stereocenters. The summed E-state index contributed by atoms with van der Waals surface area (Å²) < 4.78 is 6.74. The Morgan fingerprint density at radius 2 is 2.11 bits per heavy atom. The molecule has 0 aromatic heterocycles. The summed E-state index contributed by atoms with van der Waals surface area (Å²) in [6, 6.07) is 9.66. The quantitative estimate of drug-likeness (QED) is 0.736. The summed E-state index contributed by atoms with van der Waals surface area (Å²) in [4.78, 5) is 14.6. The van der Waals surface area contributed by atoms with Gasteiger partial charge in [0.25, 0.3) is 5.91 Å². The van der Waals surface area contributed by atoms with E-state index >= 15 is 0 Å². The molecule has 1 aromatic carbocycles. The molecule has 0 saturated carbocycles. The Kier molecular flexibility index (Phi) is 2.41. The third-order valence-electron chi connectivity index (χ3n) is 4.22. The van der Waals surface area contributed by atoms with Gasteiger partial charge in [-0.25, -0.2) is 0 Å². The van der Waals surface area contributed by atoms with E-state index in [4.69, 9.17) is 16.3 Å². The number of halogens is 2. The van der Waals surface area contributed by atoms with E-state index in [9.17, 15) is 4.79 Å². The molecule has 1 spiro atoms. The highest BCUT2D eigenvalue weighted by Gasteiger charge is 2.69. The van der Waals surface area contributed by atoms with Gasteiger partial charge >= 0.3 is 0 Å². The molecule has 3 aliphatic rings. The lowest BCUT2D eigenvalue weighted by Gasteiger charge is -2.24. The topological polar surface area (TPSA) is 29.5 Å². The number of fused-ring (bicyclic) bond motifs is 1. The van der Waals surface area contributed by atoms with Crippen molar-refractivity contribution < 1.29 is 9.53 Å². The molecule has 4 rings (SSSR count). The van der Waals surface area contributed by atoms with E-state index in [-0.39, 0.29) is 23.3 Å². The van der Waals surface area contributed by atoms with Crippen molar-refractivity contribution in [3.63, 3.8) is 0 Å². The van der Waals surface area contributed by atoms with E-state index < -0.39 is 5.60 Å². The second kappa shape index (κ2) is 3.84. The number of hydrogen-bond donors (Lipinski definition) is 0. The smallest absolute Gasteiger partial charge is 0.264 e. The molecule has 0 N–H and O–H groups in total. The van der Waals surface area contributed by atoms with Crippen LogP contribution >= 0.6 is 27.5 Å². The van der Waals surface area contributed by atoms with Gasteiger partial charge in [-0.15, -0.1) is 11.6 Å². The maximum atomic E-state index is 12.8. The van der Waals surface area contributed by atoms with E-state index in [1.54, 1.807) is 4.90 Å². The summed E-state index contributed by atoms with van der Waals surface area (Å²) in [7, 11) is 0. The van der Waals surface area contributed by atoms with Gasteiger partial charge in [0.2, 0.25) is 0 Å². The molecule has 19 heavy (non-hydrogen) atoms. The van der Waals surface area contributed by atoms with Gasteiger partial charge in [0.15, 0.2) is 5.60 Å². The Morgan fingerprint density at radius 1 is 1.37 bits per heavy atom. The zero-order valence-corrected chi connectivity index (χ0v) is 12.3. The van der Waals surface area contributed by atoms with Crippen LogP contribution in [-0.4, -0.2) is 29.5 Å². The number of rotatable bonds is 1. The van der Waals surface area contributed by atoms with Crippen molar-refractivity contribution in [2.45, 2.75) is 17.1 Å². The average Bonchev–Trinajstić information content (AvgIpc) is 3.01. The van der Waals surface area contributed by atoms with E-state index in [0.29, 0.717) is 6.54 Å². The van der Waals surface area contributed by atoms with Crippen molar-refractivity contribution in [1.82, 2.24) is 0 Å². The number of hydrogen-bond acceptors (Lipinski definition) is 2. The highest BCUT2D eigenvalue weighted by molar-refractivity contribution is 9.11. The molecule has 1 aromatic rings. The van der Waals surface area contributed by atoms with Crippen LogP contribution < -0.4 is 4.90 Å². The molecular weight excluding hydrogens is 330 g/mol. The number of benzene rings is 1. The van der Waals surface area contributed by atoms with Crippen LogP contribution in [0.5, 0.6) is 0 Å². The zero-order valence-electron chi connectivity index (χ0n) is 9.92. The van der Waals surface area contributed by atoms with Gasteiger partial charge in [-0.05, 0) is 18.2 Å². The molecule has 2 saturated heterocycles. The first kappa shape index (κ1) is 11.9. The molecule has 3 heterocycles. The third kappa shape index (κ3) is 1.34. The lowest BCUT2D eigenvalue weighted by molar-refractivity contribution is -0.132. The van der Waals surface area contributed by atoms with Crippen LogP contribution in [0.15, 0.2) is 40.9 Å². The van der Waals surface area contributed by atoms with Crippen molar-refractivity contribution in [1.29, 1.82) is 0 Å². The van der Waals surface area contributed by atoms with E-state index in [0.717, 1.165) is 10.2 Å². The minimum atomic E-state index is -0.882. The Bertz CT molecular complexity index is 590. The lowest BCUT2D eigenvalue weighted by Crippen LogP contribution is -2.42. The first-order chi connectivity index (χ1) is 9.14. The zero-order chi connectivity index (χ0) is 13.2. The van der Waals surface area contributed by atoms with Crippen LogP contribution in [0.25, 0.3) is 0 Å². The van der Waals surface area contributed by atoms with Crippen LogP contribution in [0, 0.1) is 5.92 Å². The summed E-state index contributed by atoms with van der Waals surface area (Å²) >= 11 is 9.91. The maximum Gasteiger partial charge on any atom is 0.264 e. The Hall–Kier alpha value is -0.840. The number of carbonyl (C=O) groups is 1. The van der Waals surface area contributed by atoms with E-state index in [1.165, 1.54) is 0 Å². The van der Waals surface area contributed by atoms with Crippen LogP contribution in [0.3, 0.4) is 0 Å². The summed E-state index contributed by atoms with van der Waals surface area (Å²) in [5, 5.41) is -0.140. The summed E-state index contributed by atoms with van der Waals surface area (Å²) in [5.74, 6) is -0.0104. The SMILES string of the molecule is O=C1N(c2ccccc2)C[C@H]2[C@H](Cl)[C@@H]3C=C(Br)[C@]12O3. The Labute approximate surface area is 124 Å². The van der Waals surface area contributed by atoms with Gasteiger partial charge in [0.05, 0.1) is 11.5 Å². The second-order valence-electron chi connectivity index (χ2n) is 5.13. The number of para-hydroxylation sites is 1. The van der Waals surface area contributed by atoms with Crippen LogP contribution in [0.4, 0.5) is 5.69 Å². The van der Waals surface area contributed by atoms with Crippen LogP contribution in [0.1, 0.15) is 0 Å². The molecule has 1 amide bonds. The minimum absolute atomic E-state index is 0.00578. The molecule has 2 fully saturated rings. The van der Waals surface area contributed by atoms with Gasteiger partial charge in [0.1, 0.15) is 0 Å². The first-order valence-electron chi connectivity index (χ1n) is 6.21. The molecule has 3 nitrogen and oxygen atoms in total. The molecular formula is C14H11BrClNO2. The van der Waals surface area contributed by atoms with Crippen LogP contribution in [-0.2, 0) is 9.53 Å². The minimum Gasteiger partial charge on any atom is -0.350 e.